The summed E-state index contributed by atoms with van der Waals surface area (Å²) in [6.07, 6.45) is -0.312. The lowest BCUT2D eigenvalue weighted by molar-refractivity contribution is -0.383. The Bertz CT molecular complexity index is 1030. The summed E-state index contributed by atoms with van der Waals surface area (Å²) in [7, 11) is 0. The predicted octanol–water partition coefficient (Wildman–Crippen LogP) is 4.95. The fourth-order valence-electron chi connectivity index (χ4n) is 3.28. The molecule has 1 fully saturated rings. The molecule has 0 aromatic heterocycles. The van der Waals surface area contributed by atoms with Gasteiger partial charge in [0.2, 0.25) is 0 Å². The SMILES string of the molecule is CC(C)(C)OC(=O)N1CCN(c2ccc(NC(=O)Nc3cc(Cl)ccc3[N+](=O)[O-])cc2)CC1. The second-order valence-corrected chi connectivity index (χ2v) is 8.94. The molecule has 0 spiro atoms. The van der Waals surface area contributed by atoms with Crippen LogP contribution < -0.4 is 15.5 Å². The van der Waals surface area contributed by atoms with Crippen LogP contribution in [0.2, 0.25) is 5.02 Å². The second kappa shape index (κ2) is 9.95. The molecule has 3 amide bonds. The van der Waals surface area contributed by atoms with Crippen molar-refractivity contribution < 1.29 is 19.2 Å². The molecule has 176 valence electrons. The highest BCUT2D eigenvalue weighted by Gasteiger charge is 2.26. The number of nitrogens with zero attached hydrogens (tertiary/aromatic N) is 3. The number of carbonyl (C=O) groups is 2. The number of hydrogen-bond donors (Lipinski definition) is 2. The Balaban J connectivity index is 1.55. The predicted molar refractivity (Wildman–Crippen MR) is 127 cm³/mol. The van der Waals surface area contributed by atoms with E-state index in [0.717, 1.165) is 5.69 Å². The lowest BCUT2D eigenvalue weighted by Crippen LogP contribution is -2.50. The molecule has 10 nitrogen and oxygen atoms in total. The van der Waals surface area contributed by atoms with Crippen LogP contribution in [0.15, 0.2) is 42.5 Å². The average molecular weight is 476 g/mol. The van der Waals surface area contributed by atoms with Crippen LogP contribution in [0.1, 0.15) is 20.8 Å². The third-order valence-corrected chi connectivity index (χ3v) is 5.06. The van der Waals surface area contributed by atoms with Crippen LogP contribution in [0.5, 0.6) is 0 Å². The minimum absolute atomic E-state index is 0.00415. The smallest absolute Gasteiger partial charge is 0.410 e. The first-order chi connectivity index (χ1) is 15.5. The van der Waals surface area contributed by atoms with Crippen LogP contribution in [0, 0.1) is 10.1 Å². The molecule has 2 aromatic carbocycles. The number of rotatable bonds is 4. The van der Waals surface area contributed by atoms with Crippen LogP contribution in [0.25, 0.3) is 0 Å². The summed E-state index contributed by atoms with van der Waals surface area (Å²) in [4.78, 5) is 38.9. The van der Waals surface area contributed by atoms with E-state index in [-0.39, 0.29) is 22.5 Å². The summed E-state index contributed by atoms with van der Waals surface area (Å²) < 4.78 is 5.42. The van der Waals surface area contributed by atoms with Gasteiger partial charge in [-0.1, -0.05) is 11.6 Å². The third kappa shape index (κ3) is 6.72. The first kappa shape index (κ1) is 24.1. The molecule has 0 bridgehead atoms. The van der Waals surface area contributed by atoms with Gasteiger partial charge in [0.1, 0.15) is 11.3 Å². The molecule has 0 radical (unpaired) electrons. The summed E-state index contributed by atoms with van der Waals surface area (Å²) >= 11 is 5.88. The molecule has 0 saturated carbocycles. The molecule has 1 saturated heterocycles. The van der Waals surface area contributed by atoms with Crippen molar-refractivity contribution in [3.05, 3.63) is 57.6 Å². The van der Waals surface area contributed by atoms with Gasteiger partial charge in [-0.25, -0.2) is 9.59 Å². The van der Waals surface area contributed by atoms with Gasteiger partial charge in [0.05, 0.1) is 4.92 Å². The molecule has 0 atom stereocenters. The van der Waals surface area contributed by atoms with Gasteiger partial charge in [0.25, 0.3) is 5.69 Å². The molecule has 0 aliphatic carbocycles. The van der Waals surface area contributed by atoms with Crippen LogP contribution in [0.3, 0.4) is 0 Å². The molecule has 11 heteroatoms. The molecule has 33 heavy (non-hydrogen) atoms. The van der Waals surface area contributed by atoms with Crippen molar-refractivity contribution in [3.63, 3.8) is 0 Å². The van der Waals surface area contributed by atoms with E-state index in [2.05, 4.69) is 15.5 Å². The molecule has 1 aliphatic heterocycles. The summed E-state index contributed by atoms with van der Waals surface area (Å²) in [5.41, 5.74) is 0.699. The number of nitrogens with one attached hydrogen (secondary N) is 2. The molecular weight excluding hydrogens is 450 g/mol. The van der Waals surface area contributed by atoms with Crippen LogP contribution in [-0.2, 0) is 4.74 Å². The first-order valence-corrected chi connectivity index (χ1v) is 10.7. The third-order valence-electron chi connectivity index (χ3n) is 4.83. The molecule has 2 N–H and O–H groups in total. The summed E-state index contributed by atoms with van der Waals surface area (Å²) in [5.74, 6) is 0. The lowest BCUT2D eigenvalue weighted by atomic mass is 10.2. The van der Waals surface area contributed by atoms with E-state index < -0.39 is 16.6 Å². The molecule has 1 heterocycles. The zero-order chi connectivity index (χ0) is 24.2. The number of nitro groups is 1. The molecule has 2 aromatic rings. The maximum atomic E-state index is 12.3. The second-order valence-electron chi connectivity index (χ2n) is 8.50. The number of ether oxygens (including phenoxy) is 1. The van der Waals surface area contributed by atoms with Crippen molar-refractivity contribution in [3.8, 4) is 0 Å². The van der Waals surface area contributed by atoms with Crippen molar-refractivity contribution in [1.82, 2.24) is 4.90 Å². The highest BCUT2D eigenvalue weighted by molar-refractivity contribution is 6.31. The quantitative estimate of drug-likeness (QED) is 0.477. The van der Waals surface area contributed by atoms with Crippen LogP contribution >= 0.6 is 11.6 Å². The standard InChI is InChI=1S/C22H26ClN5O5/c1-22(2,3)33-21(30)27-12-10-26(11-13-27)17-7-5-16(6-8-17)24-20(29)25-18-14-15(23)4-9-19(18)28(31)32/h4-9,14H,10-13H2,1-3H3,(H2,24,25,29). The average Bonchev–Trinajstić information content (AvgIpc) is 2.73. The number of urea groups is 1. The minimum Gasteiger partial charge on any atom is -0.444 e. The van der Waals surface area contributed by atoms with Gasteiger partial charge >= 0.3 is 12.1 Å². The van der Waals surface area contributed by atoms with Crippen LogP contribution in [0.4, 0.5) is 32.3 Å². The summed E-state index contributed by atoms with van der Waals surface area (Å²) in [6, 6.07) is 10.5. The van der Waals surface area contributed by atoms with Crippen molar-refractivity contribution in [2.75, 3.05) is 41.7 Å². The number of halogens is 1. The Kier molecular flexibility index (Phi) is 7.27. The Morgan fingerprint density at radius 1 is 1.03 bits per heavy atom. The molecule has 3 rings (SSSR count). The van der Waals surface area contributed by atoms with Crippen molar-refractivity contribution in [1.29, 1.82) is 0 Å². The van der Waals surface area contributed by atoms with Gasteiger partial charge in [-0.05, 0) is 57.2 Å². The van der Waals surface area contributed by atoms with E-state index in [1.165, 1.54) is 18.2 Å². The fourth-order valence-corrected chi connectivity index (χ4v) is 3.45. The van der Waals surface area contributed by atoms with E-state index in [1.54, 1.807) is 17.0 Å². The number of amides is 3. The highest BCUT2D eigenvalue weighted by atomic mass is 35.5. The van der Waals surface area contributed by atoms with Gasteiger partial charge in [-0.3, -0.25) is 10.1 Å². The maximum absolute atomic E-state index is 12.3. The number of anilines is 3. The van der Waals surface area contributed by atoms with E-state index in [1.807, 2.05) is 32.9 Å². The first-order valence-electron chi connectivity index (χ1n) is 10.4. The van der Waals surface area contributed by atoms with E-state index >= 15 is 0 Å². The van der Waals surface area contributed by atoms with Crippen molar-refractivity contribution >= 4 is 46.5 Å². The topological polar surface area (TPSA) is 117 Å². The lowest BCUT2D eigenvalue weighted by Gasteiger charge is -2.36. The van der Waals surface area contributed by atoms with E-state index in [4.69, 9.17) is 16.3 Å². The highest BCUT2D eigenvalue weighted by Crippen LogP contribution is 2.28. The fraction of sp³-hybridized carbons (Fsp3) is 0.364. The zero-order valence-corrected chi connectivity index (χ0v) is 19.4. The van der Waals surface area contributed by atoms with Gasteiger partial charge in [-0.2, -0.15) is 0 Å². The molecule has 0 unspecified atom stereocenters. The maximum Gasteiger partial charge on any atom is 0.410 e. The normalized spacial score (nSPS) is 13.9. The van der Waals surface area contributed by atoms with Gasteiger partial charge in [-0.15, -0.1) is 0 Å². The number of piperazine rings is 1. The minimum atomic E-state index is -0.626. The van der Waals surface area contributed by atoms with Crippen LogP contribution in [-0.4, -0.2) is 53.7 Å². The van der Waals surface area contributed by atoms with E-state index in [9.17, 15) is 19.7 Å². The summed E-state index contributed by atoms with van der Waals surface area (Å²) in [6.45, 7) is 7.94. The molecular formula is C22H26ClN5O5. The van der Waals surface area contributed by atoms with Crippen molar-refractivity contribution in [2.45, 2.75) is 26.4 Å². The summed E-state index contributed by atoms with van der Waals surface area (Å²) in [5, 5.41) is 16.5. The monoisotopic (exact) mass is 475 g/mol. The van der Waals surface area contributed by atoms with Gasteiger partial charge in [0.15, 0.2) is 0 Å². The Morgan fingerprint density at radius 2 is 1.67 bits per heavy atom. The number of nitro benzene ring substituents is 1. The Hall–Kier alpha value is -3.53. The Morgan fingerprint density at radius 3 is 2.24 bits per heavy atom. The Labute approximate surface area is 196 Å². The number of hydrogen-bond acceptors (Lipinski definition) is 6. The molecule has 1 aliphatic rings. The van der Waals surface area contributed by atoms with Gasteiger partial charge in [0, 0.05) is 48.6 Å². The largest absolute Gasteiger partial charge is 0.444 e. The van der Waals surface area contributed by atoms with E-state index in [0.29, 0.717) is 31.9 Å². The van der Waals surface area contributed by atoms with Gasteiger partial charge < -0.3 is 25.2 Å². The van der Waals surface area contributed by atoms with Crippen molar-refractivity contribution in [2.24, 2.45) is 0 Å². The number of carbonyl (C=O) groups excluding carboxylic acids is 2. The number of benzene rings is 2. The zero-order valence-electron chi connectivity index (χ0n) is 18.6.